The van der Waals surface area contributed by atoms with E-state index in [1.807, 2.05) is 20.8 Å². The fraction of sp³-hybridized carbons (Fsp3) is 1.00. The Kier molecular flexibility index (Phi) is 4.39. The first-order valence-corrected chi connectivity index (χ1v) is 6.18. The Balaban J connectivity index is 4.70. The molecule has 1 atom stereocenters. The summed E-state index contributed by atoms with van der Waals surface area (Å²) in [5.41, 5.74) is 0. The average molecular weight is 207 g/mol. The average Bonchev–Trinajstić information content (AvgIpc) is 2.01. The molecule has 0 aromatic rings. The highest BCUT2D eigenvalue weighted by molar-refractivity contribution is 7.89. The topological polar surface area (TPSA) is 37.4 Å². The Hall–Kier alpha value is -0.0900. The van der Waals surface area contributed by atoms with E-state index in [2.05, 4.69) is 0 Å². The lowest BCUT2D eigenvalue weighted by molar-refractivity contribution is 0.313. The first-order chi connectivity index (χ1) is 5.71. The van der Waals surface area contributed by atoms with Crippen molar-refractivity contribution < 1.29 is 8.42 Å². The molecule has 3 nitrogen and oxygen atoms in total. The number of hydrogen-bond acceptors (Lipinski definition) is 2. The molecule has 0 fully saturated rings. The summed E-state index contributed by atoms with van der Waals surface area (Å²) in [6, 6.07) is 0.0624. The van der Waals surface area contributed by atoms with Crippen LogP contribution in [0.2, 0.25) is 0 Å². The van der Waals surface area contributed by atoms with Crippen molar-refractivity contribution in [3.05, 3.63) is 0 Å². The number of nitrogens with zero attached hydrogens (tertiary/aromatic N) is 1. The third-order valence-electron chi connectivity index (χ3n) is 2.54. The van der Waals surface area contributed by atoms with E-state index in [0.29, 0.717) is 5.92 Å². The van der Waals surface area contributed by atoms with Crippen LogP contribution in [0.5, 0.6) is 0 Å². The molecule has 0 saturated heterocycles. The van der Waals surface area contributed by atoms with Gasteiger partial charge < -0.3 is 0 Å². The first kappa shape index (κ1) is 12.9. The van der Waals surface area contributed by atoms with Gasteiger partial charge in [0.15, 0.2) is 0 Å². The van der Waals surface area contributed by atoms with Gasteiger partial charge in [0, 0.05) is 13.1 Å². The lowest BCUT2D eigenvalue weighted by Gasteiger charge is -2.28. The highest BCUT2D eigenvalue weighted by Gasteiger charge is 2.27. The van der Waals surface area contributed by atoms with Gasteiger partial charge in [-0.25, -0.2) is 12.7 Å². The van der Waals surface area contributed by atoms with Gasteiger partial charge in [-0.2, -0.15) is 0 Å². The van der Waals surface area contributed by atoms with E-state index in [1.54, 1.807) is 20.9 Å². The third-order valence-corrected chi connectivity index (χ3v) is 4.86. The maximum atomic E-state index is 11.7. The van der Waals surface area contributed by atoms with Crippen LogP contribution in [0.1, 0.15) is 34.6 Å². The van der Waals surface area contributed by atoms with E-state index in [9.17, 15) is 8.42 Å². The Morgan fingerprint density at radius 3 is 1.62 bits per heavy atom. The zero-order valence-corrected chi connectivity index (χ0v) is 10.2. The first-order valence-electron chi connectivity index (χ1n) is 4.68. The standard InChI is InChI=1S/C9H21NO2S/c1-7(2)9(5)10(6)13(11,12)8(3)4/h7-9H,1-6H3/t9-/m0/s1. The predicted molar refractivity (Wildman–Crippen MR) is 56.1 cm³/mol. The van der Waals surface area contributed by atoms with Crippen molar-refractivity contribution in [2.24, 2.45) is 5.92 Å². The second kappa shape index (κ2) is 4.42. The Labute approximate surface area is 82.2 Å². The van der Waals surface area contributed by atoms with Crippen LogP contribution >= 0.6 is 0 Å². The monoisotopic (exact) mass is 207 g/mol. The molecule has 0 N–H and O–H groups in total. The van der Waals surface area contributed by atoms with Crippen LogP contribution in [-0.2, 0) is 10.0 Å². The molecule has 0 aliphatic carbocycles. The molecule has 0 aromatic heterocycles. The van der Waals surface area contributed by atoms with Crippen molar-refractivity contribution in [3.8, 4) is 0 Å². The molecule has 0 radical (unpaired) electrons. The molecule has 80 valence electrons. The second-order valence-corrected chi connectivity index (χ2v) is 6.64. The van der Waals surface area contributed by atoms with Crippen LogP contribution in [-0.4, -0.2) is 31.1 Å². The molecular weight excluding hydrogens is 186 g/mol. The van der Waals surface area contributed by atoms with E-state index < -0.39 is 10.0 Å². The van der Waals surface area contributed by atoms with Crippen molar-refractivity contribution in [3.63, 3.8) is 0 Å². The quantitative estimate of drug-likeness (QED) is 0.703. The smallest absolute Gasteiger partial charge is 0.212 e. The third kappa shape index (κ3) is 2.95. The largest absolute Gasteiger partial charge is 0.216 e. The van der Waals surface area contributed by atoms with Crippen molar-refractivity contribution >= 4 is 10.0 Å². The van der Waals surface area contributed by atoms with Crippen molar-refractivity contribution in [1.29, 1.82) is 0 Å². The van der Waals surface area contributed by atoms with Gasteiger partial charge in [-0.05, 0) is 26.7 Å². The van der Waals surface area contributed by atoms with Gasteiger partial charge in [0.25, 0.3) is 0 Å². The van der Waals surface area contributed by atoms with E-state index in [4.69, 9.17) is 0 Å². The van der Waals surface area contributed by atoms with Crippen LogP contribution in [0.4, 0.5) is 0 Å². The minimum Gasteiger partial charge on any atom is -0.212 e. The second-order valence-electron chi connectivity index (χ2n) is 4.09. The van der Waals surface area contributed by atoms with E-state index in [-0.39, 0.29) is 11.3 Å². The van der Waals surface area contributed by atoms with E-state index in [1.165, 1.54) is 4.31 Å². The van der Waals surface area contributed by atoms with Gasteiger partial charge in [-0.3, -0.25) is 0 Å². The minimum absolute atomic E-state index is 0.0624. The molecule has 13 heavy (non-hydrogen) atoms. The molecule has 0 unspecified atom stereocenters. The van der Waals surface area contributed by atoms with Gasteiger partial charge in [-0.15, -0.1) is 0 Å². The van der Waals surface area contributed by atoms with Crippen LogP contribution in [0.15, 0.2) is 0 Å². The lowest BCUT2D eigenvalue weighted by Crippen LogP contribution is -2.41. The molecule has 0 spiro atoms. The molecule has 0 aliphatic rings. The van der Waals surface area contributed by atoms with Gasteiger partial charge in [-0.1, -0.05) is 13.8 Å². The van der Waals surface area contributed by atoms with Crippen molar-refractivity contribution in [2.45, 2.75) is 45.9 Å². The number of rotatable bonds is 4. The van der Waals surface area contributed by atoms with Crippen LogP contribution < -0.4 is 0 Å². The minimum atomic E-state index is -3.09. The maximum Gasteiger partial charge on any atom is 0.216 e. The fourth-order valence-electron chi connectivity index (χ4n) is 0.984. The summed E-state index contributed by atoms with van der Waals surface area (Å²) in [5, 5.41) is -0.335. The zero-order valence-electron chi connectivity index (χ0n) is 9.40. The van der Waals surface area contributed by atoms with Gasteiger partial charge in [0.2, 0.25) is 10.0 Å². The summed E-state index contributed by atoms with van der Waals surface area (Å²) in [7, 11) is -1.44. The summed E-state index contributed by atoms with van der Waals surface area (Å²) in [4.78, 5) is 0. The molecule has 0 rings (SSSR count). The summed E-state index contributed by atoms with van der Waals surface area (Å²) in [6.07, 6.45) is 0. The SMILES string of the molecule is CC(C)[C@H](C)N(C)S(=O)(=O)C(C)C. The highest BCUT2D eigenvalue weighted by atomic mass is 32.2. The van der Waals surface area contributed by atoms with E-state index >= 15 is 0 Å². The summed E-state index contributed by atoms with van der Waals surface area (Å²) in [6.45, 7) is 9.40. The molecular formula is C9H21NO2S. The lowest BCUT2D eigenvalue weighted by atomic mass is 10.1. The van der Waals surface area contributed by atoms with Crippen LogP contribution in [0.3, 0.4) is 0 Å². The molecule has 4 heteroatoms. The van der Waals surface area contributed by atoms with Crippen LogP contribution in [0, 0.1) is 5.92 Å². The normalized spacial score (nSPS) is 15.8. The Bertz CT molecular complexity index is 244. The summed E-state index contributed by atoms with van der Waals surface area (Å²) >= 11 is 0. The Morgan fingerprint density at radius 2 is 1.38 bits per heavy atom. The Morgan fingerprint density at radius 1 is 1.00 bits per heavy atom. The predicted octanol–water partition coefficient (Wildman–Crippen LogP) is 1.70. The molecule has 0 heterocycles. The fourth-order valence-corrected chi connectivity index (χ4v) is 2.36. The highest BCUT2D eigenvalue weighted by Crippen LogP contribution is 2.15. The van der Waals surface area contributed by atoms with Crippen molar-refractivity contribution in [2.75, 3.05) is 7.05 Å². The molecule has 0 amide bonds. The van der Waals surface area contributed by atoms with E-state index in [0.717, 1.165) is 0 Å². The van der Waals surface area contributed by atoms with Crippen LogP contribution in [0.25, 0.3) is 0 Å². The molecule has 0 bridgehead atoms. The van der Waals surface area contributed by atoms with Gasteiger partial charge >= 0.3 is 0 Å². The number of hydrogen-bond donors (Lipinski definition) is 0. The van der Waals surface area contributed by atoms with Gasteiger partial charge in [0.1, 0.15) is 0 Å². The summed E-state index contributed by atoms with van der Waals surface area (Å²) < 4.78 is 24.9. The van der Waals surface area contributed by atoms with Gasteiger partial charge in [0.05, 0.1) is 5.25 Å². The zero-order chi connectivity index (χ0) is 10.8. The molecule has 0 aromatic carbocycles. The maximum absolute atomic E-state index is 11.7. The van der Waals surface area contributed by atoms with Crippen molar-refractivity contribution in [1.82, 2.24) is 4.31 Å². The molecule has 0 aliphatic heterocycles. The summed E-state index contributed by atoms with van der Waals surface area (Å²) in [5.74, 6) is 0.346. The molecule has 0 saturated carbocycles. The number of sulfonamides is 1.